The van der Waals surface area contributed by atoms with E-state index in [1.54, 1.807) is 36.4 Å². The molecule has 0 fully saturated rings. The zero-order valence-corrected chi connectivity index (χ0v) is 20.4. The topological polar surface area (TPSA) is 112 Å². The van der Waals surface area contributed by atoms with E-state index in [1.807, 2.05) is 6.92 Å². The van der Waals surface area contributed by atoms with Crippen LogP contribution < -0.4 is 25.1 Å². The van der Waals surface area contributed by atoms with Crippen molar-refractivity contribution in [2.75, 3.05) is 39.7 Å². The molecule has 0 aliphatic heterocycles. The Morgan fingerprint density at radius 2 is 1.71 bits per heavy atom. The summed E-state index contributed by atoms with van der Waals surface area (Å²) >= 11 is 0. The Morgan fingerprint density at radius 3 is 2.40 bits per heavy atom. The number of likely N-dealkylation sites (N-methyl/N-ethyl adjacent to an activating group) is 1. The van der Waals surface area contributed by atoms with Crippen molar-refractivity contribution in [2.45, 2.75) is 26.3 Å². The van der Waals surface area contributed by atoms with E-state index in [4.69, 9.17) is 14.2 Å². The van der Waals surface area contributed by atoms with Gasteiger partial charge >= 0.3 is 0 Å². The van der Waals surface area contributed by atoms with Crippen LogP contribution in [0.3, 0.4) is 0 Å². The third-order valence-electron chi connectivity index (χ3n) is 5.57. The van der Waals surface area contributed by atoms with Crippen molar-refractivity contribution in [2.24, 2.45) is 0 Å². The molecule has 0 saturated heterocycles. The molecule has 1 heterocycles. The van der Waals surface area contributed by atoms with Crippen LogP contribution in [0.25, 0.3) is 10.9 Å². The van der Waals surface area contributed by atoms with Gasteiger partial charge < -0.3 is 24.4 Å². The number of para-hydroxylation sites is 2. The zero-order chi connectivity index (χ0) is 25.4. The summed E-state index contributed by atoms with van der Waals surface area (Å²) in [6, 6.07) is 10.3. The van der Waals surface area contributed by atoms with Crippen molar-refractivity contribution >= 4 is 28.4 Å². The van der Waals surface area contributed by atoms with Crippen LogP contribution in [-0.4, -0.2) is 60.7 Å². The largest absolute Gasteiger partial charge is 0.495 e. The van der Waals surface area contributed by atoms with Crippen molar-refractivity contribution < 1.29 is 23.8 Å². The second-order valence-electron chi connectivity index (χ2n) is 7.73. The van der Waals surface area contributed by atoms with E-state index in [-0.39, 0.29) is 30.3 Å². The maximum atomic E-state index is 12.9. The number of nitrogens with zero attached hydrogens (tertiary/aromatic N) is 3. The molecule has 0 spiro atoms. The molecule has 10 heteroatoms. The van der Waals surface area contributed by atoms with Gasteiger partial charge in [0.05, 0.1) is 50.8 Å². The van der Waals surface area contributed by atoms with Crippen LogP contribution in [0.4, 0.5) is 5.69 Å². The zero-order valence-electron chi connectivity index (χ0n) is 20.4. The summed E-state index contributed by atoms with van der Waals surface area (Å²) in [5.41, 5.74) is 0.811. The van der Waals surface area contributed by atoms with Gasteiger partial charge in [0.15, 0.2) is 11.5 Å². The Bertz CT molecular complexity index is 1260. The molecule has 35 heavy (non-hydrogen) atoms. The maximum absolute atomic E-state index is 12.9. The number of ether oxygens (including phenoxy) is 3. The minimum absolute atomic E-state index is 0.0769. The number of aromatic nitrogens is 2. The first-order valence-electron chi connectivity index (χ1n) is 11.2. The Kier molecular flexibility index (Phi) is 8.66. The minimum Gasteiger partial charge on any atom is -0.495 e. The highest BCUT2D eigenvalue weighted by Crippen LogP contribution is 2.29. The SMILES string of the molecule is CCN(CC(=O)Nc1ccccc1OC)C(=O)CCCn1cnc2cc(OC)c(OC)cc2c1=O. The molecule has 2 aromatic carbocycles. The molecule has 0 atom stereocenters. The summed E-state index contributed by atoms with van der Waals surface area (Å²) in [6.07, 6.45) is 2.06. The van der Waals surface area contributed by atoms with Crippen LogP contribution in [0.15, 0.2) is 47.5 Å². The number of anilines is 1. The highest BCUT2D eigenvalue weighted by Gasteiger charge is 2.17. The van der Waals surface area contributed by atoms with Crippen LogP contribution >= 0.6 is 0 Å². The van der Waals surface area contributed by atoms with Gasteiger partial charge in [-0.15, -0.1) is 0 Å². The van der Waals surface area contributed by atoms with Gasteiger partial charge in [0.25, 0.3) is 5.56 Å². The number of rotatable bonds is 11. The number of hydrogen-bond donors (Lipinski definition) is 1. The summed E-state index contributed by atoms with van der Waals surface area (Å²) in [4.78, 5) is 43.9. The molecule has 2 amide bonds. The monoisotopic (exact) mass is 482 g/mol. The molecular formula is C25H30N4O6. The number of methoxy groups -OCH3 is 3. The van der Waals surface area contributed by atoms with Gasteiger partial charge in [-0.05, 0) is 31.5 Å². The van der Waals surface area contributed by atoms with Crippen LogP contribution in [0.5, 0.6) is 17.2 Å². The number of aryl methyl sites for hydroxylation is 1. The Hall–Kier alpha value is -4.08. The van der Waals surface area contributed by atoms with E-state index < -0.39 is 0 Å². The summed E-state index contributed by atoms with van der Waals surface area (Å²) in [5, 5.41) is 3.18. The molecule has 1 N–H and O–H groups in total. The maximum Gasteiger partial charge on any atom is 0.261 e. The number of fused-ring (bicyclic) bond motifs is 1. The first-order valence-corrected chi connectivity index (χ1v) is 11.2. The Balaban J connectivity index is 1.60. The second-order valence-corrected chi connectivity index (χ2v) is 7.73. The molecule has 10 nitrogen and oxygen atoms in total. The third-order valence-corrected chi connectivity index (χ3v) is 5.57. The quantitative estimate of drug-likeness (QED) is 0.447. The van der Waals surface area contributed by atoms with Gasteiger partial charge in [0.2, 0.25) is 11.8 Å². The van der Waals surface area contributed by atoms with Crippen molar-refractivity contribution in [3.63, 3.8) is 0 Å². The second kappa shape index (κ2) is 11.9. The molecule has 1 aromatic heterocycles. The molecular weight excluding hydrogens is 452 g/mol. The smallest absolute Gasteiger partial charge is 0.261 e. The van der Waals surface area contributed by atoms with Crippen LogP contribution in [0.1, 0.15) is 19.8 Å². The summed E-state index contributed by atoms with van der Waals surface area (Å²) in [7, 11) is 4.54. The first kappa shape index (κ1) is 25.5. The summed E-state index contributed by atoms with van der Waals surface area (Å²) in [5.74, 6) is 0.988. The lowest BCUT2D eigenvalue weighted by atomic mass is 10.2. The van der Waals surface area contributed by atoms with Gasteiger partial charge in [-0.25, -0.2) is 4.98 Å². The molecule has 0 saturated carbocycles. The van der Waals surface area contributed by atoms with E-state index >= 15 is 0 Å². The molecule has 3 rings (SSSR count). The highest BCUT2D eigenvalue weighted by molar-refractivity contribution is 5.95. The lowest BCUT2D eigenvalue weighted by Gasteiger charge is -2.21. The lowest BCUT2D eigenvalue weighted by Crippen LogP contribution is -2.38. The van der Waals surface area contributed by atoms with Crippen LogP contribution in [-0.2, 0) is 16.1 Å². The average molecular weight is 483 g/mol. The molecule has 3 aromatic rings. The van der Waals surface area contributed by atoms with Crippen molar-refractivity contribution in [1.29, 1.82) is 0 Å². The van der Waals surface area contributed by atoms with E-state index in [0.29, 0.717) is 53.3 Å². The van der Waals surface area contributed by atoms with E-state index in [2.05, 4.69) is 10.3 Å². The average Bonchev–Trinajstić information content (AvgIpc) is 2.88. The van der Waals surface area contributed by atoms with Crippen LogP contribution in [0, 0.1) is 0 Å². The van der Waals surface area contributed by atoms with Crippen molar-refractivity contribution in [1.82, 2.24) is 14.5 Å². The Morgan fingerprint density at radius 1 is 1.03 bits per heavy atom. The number of nitrogens with one attached hydrogen (secondary N) is 1. The number of benzene rings is 2. The van der Waals surface area contributed by atoms with Gasteiger partial charge in [-0.2, -0.15) is 0 Å². The van der Waals surface area contributed by atoms with E-state index in [9.17, 15) is 14.4 Å². The van der Waals surface area contributed by atoms with E-state index in [0.717, 1.165) is 0 Å². The molecule has 186 valence electrons. The van der Waals surface area contributed by atoms with Gasteiger partial charge in [0.1, 0.15) is 5.75 Å². The molecule has 0 bridgehead atoms. The minimum atomic E-state index is -0.316. The Labute approximate surface area is 203 Å². The van der Waals surface area contributed by atoms with Gasteiger partial charge in [-0.1, -0.05) is 12.1 Å². The predicted octanol–water partition coefficient (Wildman–Crippen LogP) is 2.69. The predicted molar refractivity (Wildman–Crippen MR) is 132 cm³/mol. The van der Waals surface area contributed by atoms with Crippen molar-refractivity contribution in [3.05, 3.63) is 53.1 Å². The number of amides is 2. The summed E-state index contributed by atoms with van der Waals surface area (Å²) in [6.45, 7) is 2.43. The third kappa shape index (κ3) is 6.08. The fraction of sp³-hybridized carbons (Fsp3) is 0.360. The fourth-order valence-electron chi connectivity index (χ4n) is 3.69. The molecule has 0 unspecified atom stereocenters. The van der Waals surface area contributed by atoms with Gasteiger partial charge in [-0.3, -0.25) is 19.0 Å². The van der Waals surface area contributed by atoms with E-state index in [1.165, 1.54) is 37.1 Å². The summed E-state index contributed by atoms with van der Waals surface area (Å²) < 4.78 is 17.2. The lowest BCUT2D eigenvalue weighted by molar-refractivity contribution is -0.134. The number of carbonyl (C=O) groups is 2. The number of hydrogen-bond acceptors (Lipinski definition) is 7. The molecule has 0 aliphatic carbocycles. The standard InChI is InChI=1S/C25H30N4O6/c1-5-28(15-23(30)27-18-9-6-7-10-20(18)33-2)24(31)11-8-12-29-16-26-19-14-22(35-4)21(34-3)13-17(19)25(29)32/h6-7,9-10,13-14,16H,5,8,11-12,15H2,1-4H3,(H,27,30). The first-order chi connectivity index (χ1) is 16.9. The van der Waals surface area contributed by atoms with Crippen molar-refractivity contribution in [3.8, 4) is 17.2 Å². The molecule has 0 aliphatic rings. The fourth-order valence-corrected chi connectivity index (χ4v) is 3.69. The van der Waals surface area contributed by atoms with Gasteiger partial charge in [0, 0.05) is 25.6 Å². The molecule has 0 radical (unpaired) electrons. The number of carbonyl (C=O) groups excluding carboxylic acids is 2. The normalized spacial score (nSPS) is 10.6. The highest BCUT2D eigenvalue weighted by atomic mass is 16.5. The van der Waals surface area contributed by atoms with Crippen LogP contribution in [0.2, 0.25) is 0 Å².